The van der Waals surface area contributed by atoms with Crippen molar-refractivity contribution in [3.8, 4) is 5.75 Å². The van der Waals surface area contributed by atoms with Crippen LogP contribution in [0.4, 0.5) is 0 Å². The monoisotopic (exact) mass is 432 g/mol. The molecule has 2 aromatic carbocycles. The van der Waals surface area contributed by atoms with Gasteiger partial charge in [-0.3, -0.25) is 4.90 Å². The number of piperidine rings is 1. The first-order valence-corrected chi connectivity index (χ1v) is 12.5. The lowest BCUT2D eigenvalue weighted by atomic mass is 10.1. The maximum Gasteiger partial charge on any atom is 0.120 e. The first-order valence-electron chi connectivity index (χ1n) is 12.5. The summed E-state index contributed by atoms with van der Waals surface area (Å²) in [5.74, 6) is 1.02. The van der Waals surface area contributed by atoms with Crippen LogP contribution in [0, 0.1) is 0 Å². The summed E-state index contributed by atoms with van der Waals surface area (Å²) in [6.07, 6.45) is 11.5. The van der Waals surface area contributed by atoms with E-state index in [4.69, 9.17) is 4.74 Å². The molecule has 2 aliphatic rings. The number of hydrogen-bond acceptors (Lipinski definition) is 3. The Balaban J connectivity index is 1.35. The molecule has 0 amide bonds. The first kappa shape index (κ1) is 21.5. The van der Waals surface area contributed by atoms with E-state index < -0.39 is 0 Å². The second-order valence-electron chi connectivity index (χ2n) is 9.65. The van der Waals surface area contributed by atoms with Gasteiger partial charge in [-0.2, -0.15) is 0 Å². The average Bonchev–Trinajstić information content (AvgIpc) is 3.44. The number of hydrogen-bond donors (Lipinski definition) is 1. The zero-order valence-corrected chi connectivity index (χ0v) is 19.1. The Morgan fingerprint density at radius 2 is 1.72 bits per heavy atom. The van der Waals surface area contributed by atoms with Gasteiger partial charge in [-0.25, -0.2) is 0 Å². The summed E-state index contributed by atoms with van der Waals surface area (Å²) in [5, 5.41) is 11.2. The van der Waals surface area contributed by atoms with E-state index in [1.807, 2.05) is 0 Å². The fourth-order valence-corrected chi connectivity index (χ4v) is 5.35. The van der Waals surface area contributed by atoms with Gasteiger partial charge in [0.05, 0.1) is 12.2 Å². The predicted molar refractivity (Wildman–Crippen MR) is 130 cm³/mol. The van der Waals surface area contributed by atoms with Crippen LogP contribution in [-0.4, -0.2) is 39.9 Å². The second kappa shape index (κ2) is 10.1. The molecule has 1 saturated carbocycles. The highest BCUT2D eigenvalue weighted by molar-refractivity contribution is 5.85. The summed E-state index contributed by atoms with van der Waals surface area (Å²) in [7, 11) is 0. The molecule has 0 unspecified atom stereocenters. The number of rotatable bonds is 8. The fraction of sp³-hybridized carbons (Fsp3) is 0.500. The molecule has 32 heavy (non-hydrogen) atoms. The van der Waals surface area contributed by atoms with Crippen molar-refractivity contribution in [1.29, 1.82) is 0 Å². The van der Waals surface area contributed by atoms with Crippen LogP contribution in [0.1, 0.15) is 56.1 Å². The topological polar surface area (TPSA) is 37.6 Å². The Kier molecular flexibility index (Phi) is 6.80. The number of likely N-dealkylation sites (tertiary alicyclic amines) is 1. The zero-order chi connectivity index (χ0) is 21.8. The van der Waals surface area contributed by atoms with Crippen molar-refractivity contribution in [2.75, 3.05) is 13.1 Å². The Labute approximate surface area is 191 Å². The molecule has 4 nitrogen and oxygen atoms in total. The molecule has 1 saturated heterocycles. The number of nitrogens with zero attached hydrogens (tertiary/aromatic N) is 2. The van der Waals surface area contributed by atoms with Gasteiger partial charge in [-0.1, -0.05) is 30.3 Å². The lowest BCUT2D eigenvalue weighted by molar-refractivity contribution is 0.0794. The lowest BCUT2D eigenvalue weighted by Crippen LogP contribution is -2.35. The van der Waals surface area contributed by atoms with E-state index in [0.717, 1.165) is 57.6 Å². The van der Waals surface area contributed by atoms with E-state index in [-0.39, 0.29) is 6.10 Å². The van der Waals surface area contributed by atoms with Crippen molar-refractivity contribution < 1.29 is 9.84 Å². The van der Waals surface area contributed by atoms with Crippen LogP contribution >= 0.6 is 0 Å². The largest absolute Gasteiger partial charge is 0.490 e. The summed E-state index contributed by atoms with van der Waals surface area (Å²) in [6, 6.07) is 17.5. The Bertz CT molecular complexity index is 999. The fourth-order valence-electron chi connectivity index (χ4n) is 5.35. The van der Waals surface area contributed by atoms with E-state index in [2.05, 4.69) is 64.2 Å². The smallest absolute Gasteiger partial charge is 0.120 e. The zero-order valence-electron chi connectivity index (χ0n) is 19.1. The highest BCUT2D eigenvalue weighted by Gasteiger charge is 2.20. The van der Waals surface area contributed by atoms with Crippen LogP contribution < -0.4 is 4.74 Å². The van der Waals surface area contributed by atoms with Gasteiger partial charge in [0, 0.05) is 43.3 Å². The number of ether oxygens (including phenoxy) is 1. The van der Waals surface area contributed by atoms with Crippen molar-refractivity contribution in [3.05, 3.63) is 65.9 Å². The Morgan fingerprint density at radius 1 is 0.938 bits per heavy atom. The van der Waals surface area contributed by atoms with Crippen LogP contribution in [0.25, 0.3) is 10.9 Å². The second-order valence-corrected chi connectivity index (χ2v) is 9.65. The maximum atomic E-state index is 9.88. The minimum Gasteiger partial charge on any atom is -0.490 e. The van der Waals surface area contributed by atoms with Gasteiger partial charge in [0.1, 0.15) is 5.75 Å². The SMILES string of the molecule is OC1CCN(Cc2cn(CCCc3ccccc3)c3ccc(OC4CCCC4)cc23)CC1. The minimum atomic E-state index is -0.128. The standard InChI is InChI=1S/C28H36N2O2/c31-24-14-17-29(18-15-24)20-23-21-30(16-6-9-22-7-2-1-3-8-22)28-13-12-26(19-27(23)28)32-25-10-4-5-11-25/h1-3,7-8,12-13,19,21,24-25,31H,4-6,9-11,14-18,20H2. The third-order valence-corrected chi connectivity index (χ3v) is 7.20. The summed E-state index contributed by atoms with van der Waals surface area (Å²) in [6.45, 7) is 3.91. The van der Waals surface area contributed by atoms with Crippen LogP contribution in [0.15, 0.2) is 54.7 Å². The number of aliphatic hydroxyl groups is 1. The molecular formula is C28H36N2O2. The molecule has 3 aromatic rings. The molecule has 0 atom stereocenters. The number of aliphatic hydroxyl groups excluding tert-OH is 1. The van der Waals surface area contributed by atoms with Gasteiger partial charge >= 0.3 is 0 Å². The Hall–Kier alpha value is -2.30. The highest BCUT2D eigenvalue weighted by atomic mass is 16.5. The third-order valence-electron chi connectivity index (χ3n) is 7.20. The molecule has 170 valence electrons. The van der Waals surface area contributed by atoms with E-state index in [9.17, 15) is 5.11 Å². The molecule has 0 bridgehead atoms. The maximum absolute atomic E-state index is 9.88. The number of aromatic nitrogens is 1. The lowest BCUT2D eigenvalue weighted by Gasteiger charge is -2.29. The molecule has 4 heteroatoms. The third kappa shape index (κ3) is 5.19. The molecule has 1 N–H and O–H groups in total. The van der Waals surface area contributed by atoms with Gasteiger partial charge in [-0.15, -0.1) is 0 Å². The number of aryl methyl sites for hydroxylation is 2. The van der Waals surface area contributed by atoms with Gasteiger partial charge in [0.2, 0.25) is 0 Å². The van der Waals surface area contributed by atoms with Crippen molar-refractivity contribution in [2.24, 2.45) is 0 Å². The normalized spacial score (nSPS) is 18.5. The van der Waals surface area contributed by atoms with Gasteiger partial charge in [0.25, 0.3) is 0 Å². The predicted octanol–water partition coefficient (Wildman–Crippen LogP) is 5.55. The van der Waals surface area contributed by atoms with Gasteiger partial charge in [-0.05, 0) is 80.7 Å². The van der Waals surface area contributed by atoms with E-state index in [1.165, 1.54) is 47.7 Å². The highest BCUT2D eigenvalue weighted by Crippen LogP contribution is 2.31. The summed E-state index contributed by atoms with van der Waals surface area (Å²) in [5.41, 5.74) is 4.10. The molecule has 1 aliphatic carbocycles. The van der Waals surface area contributed by atoms with E-state index in [1.54, 1.807) is 0 Å². The van der Waals surface area contributed by atoms with Crippen molar-refractivity contribution in [1.82, 2.24) is 9.47 Å². The molecule has 2 fully saturated rings. The average molecular weight is 433 g/mol. The Morgan fingerprint density at radius 3 is 2.50 bits per heavy atom. The van der Waals surface area contributed by atoms with Gasteiger partial charge < -0.3 is 14.4 Å². The molecule has 1 aromatic heterocycles. The van der Waals surface area contributed by atoms with Crippen LogP contribution in [0.5, 0.6) is 5.75 Å². The van der Waals surface area contributed by atoms with Gasteiger partial charge in [0.15, 0.2) is 0 Å². The minimum absolute atomic E-state index is 0.128. The molecule has 0 radical (unpaired) electrons. The molecule has 1 aliphatic heterocycles. The summed E-state index contributed by atoms with van der Waals surface area (Å²) < 4.78 is 8.77. The van der Waals surface area contributed by atoms with Crippen molar-refractivity contribution in [2.45, 2.75) is 76.7 Å². The molecular weight excluding hydrogens is 396 g/mol. The van der Waals surface area contributed by atoms with E-state index in [0.29, 0.717) is 6.10 Å². The molecule has 0 spiro atoms. The number of benzene rings is 2. The van der Waals surface area contributed by atoms with E-state index >= 15 is 0 Å². The molecule has 5 rings (SSSR count). The van der Waals surface area contributed by atoms with Crippen LogP contribution in [0.3, 0.4) is 0 Å². The summed E-state index contributed by atoms with van der Waals surface area (Å²) >= 11 is 0. The first-order chi connectivity index (χ1) is 15.7. The quantitative estimate of drug-likeness (QED) is 0.507. The number of fused-ring (bicyclic) bond motifs is 1. The van der Waals surface area contributed by atoms with Crippen molar-refractivity contribution >= 4 is 10.9 Å². The van der Waals surface area contributed by atoms with Crippen molar-refractivity contribution in [3.63, 3.8) is 0 Å². The van der Waals surface area contributed by atoms with Crippen LogP contribution in [-0.2, 0) is 19.5 Å². The molecule has 2 heterocycles. The van der Waals surface area contributed by atoms with Crippen LogP contribution in [0.2, 0.25) is 0 Å². The summed E-state index contributed by atoms with van der Waals surface area (Å²) in [4.78, 5) is 2.49.